The minimum Gasteiger partial charge on any atom is -0.496 e. The molecule has 26 heavy (non-hydrogen) atoms. The van der Waals surface area contributed by atoms with Gasteiger partial charge >= 0.3 is 6.03 Å². The van der Waals surface area contributed by atoms with Crippen molar-refractivity contribution in [3.8, 4) is 5.75 Å². The summed E-state index contributed by atoms with van der Waals surface area (Å²) >= 11 is 5.99. The third-order valence-electron chi connectivity index (χ3n) is 4.15. The highest BCUT2D eigenvalue weighted by atomic mass is 127. The van der Waals surface area contributed by atoms with Crippen molar-refractivity contribution in [3.05, 3.63) is 28.8 Å². The molecule has 0 atom stereocenters. The molecule has 2 rings (SSSR count). The molecule has 0 spiro atoms. The Morgan fingerprint density at radius 2 is 2.12 bits per heavy atom. The van der Waals surface area contributed by atoms with Crippen molar-refractivity contribution in [1.29, 1.82) is 0 Å². The molecule has 9 heteroatoms. The van der Waals surface area contributed by atoms with Crippen LogP contribution in [0.4, 0.5) is 4.79 Å². The molecule has 7 nitrogen and oxygen atoms in total. The largest absolute Gasteiger partial charge is 0.496 e. The fourth-order valence-electron chi connectivity index (χ4n) is 2.77. The fraction of sp³-hybridized carbons (Fsp3) is 0.529. The number of amides is 2. The number of rotatable bonds is 5. The van der Waals surface area contributed by atoms with E-state index in [0.717, 1.165) is 36.7 Å². The topological polar surface area (TPSA) is 92.0 Å². The number of halogens is 2. The van der Waals surface area contributed by atoms with Gasteiger partial charge in [0.2, 0.25) is 0 Å². The number of carbonyl (C=O) groups is 1. The predicted octanol–water partition coefficient (Wildman–Crippen LogP) is 2.56. The molecular formula is C17H27ClIN5O2. The smallest absolute Gasteiger partial charge is 0.314 e. The van der Waals surface area contributed by atoms with Crippen LogP contribution in [0.2, 0.25) is 5.02 Å². The van der Waals surface area contributed by atoms with Gasteiger partial charge in [-0.05, 0) is 31.9 Å². The molecule has 1 fully saturated rings. The van der Waals surface area contributed by atoms with Gasteiger partial charge in [0.25, 0.3) is 0 Å². The lowest BCUT2D eigenvalue weighted by Crippen LogP contribution is -2.50. The second-order valence-electron chi connectivity index (χ2n) is 5.90. The van der Waals surface area contributed by atoms with E-state index in [4.69, 9.17) is 22.1 Å². The van der Waals surface area contributed by atoms with Gasteiger partial charge in [0, 0.05) is 36.3 Å². The molecular weight excluding hydrogens is 469 g/mol. The van der Waals surface area contributed by atoms with Gasteiger partial charge in [-0.15, -0.1) is 24.0 Å². The lowest BCUT2D eigenvalue weighted by atomic mass is 10.1. The van der Waals surface area contributed by atoms with Gasteiger partial charge in [0.05, 0.1) is 13.7 Å². The minimum atomic E-state index is -0.353. The highest BCUT2D eigenvalue weighted by molar-refractivity contribution is 14.0. The number of methoxy groups -OCH3 is 1. The SMILES string of the molecule is CCNC(=NCc1ccc(Cl)cc1OC)NC1CCN(C(N)=O)CC1.I. The van der Waals surface area contributed by atoms with Crippen molar-refractivity contribution in [2.75, 3.05) is 26.7 Å². The molecule has 0 saturated carbocycles. The molecule has 1 heterocycles. The van der Waals surface area contributed by atoms with Crippen LogP contribution >= 0.6 is 35.6 Å². The number of primary amides is 1. The number of ether oxygens (including phenoxy) is 1. The number of likely N-dealkylation sites (tertiary alicyclic amines) is 1. The Hall–Kier alpha value is -1.42. The van der Waals surface area contributed by atoms with Gasteiger partial charge in [0.15, 0.2) is 5.96 Å². The Balaban J connectivity index is 0.00000338. The van der Waals surface area contributed by atoms with Crippen LogP contribution in [0.1, 0.15) is 25.3 Å². The second kappa shape index (κ2) is 11.3. The molecule has 0 aliphatic carbocycles. The zero-order chi connectivity index (χ0) is 18.2. The Labute approximate surface area is 176 Å². The van der Waals surface area contributed by atoms with Gasteiger partial charge in [-0.3, -0.25) is 0 Å². The summed E-state index contributed by atoms with van der Waals surface area (Å²) in [6.45, 7) is 4.60. The Kier molecular flexibility index (Phi) is 9.85. The average Bonchev–Trinajstić information content (AvgIpc) is 2.61. The third-order valence-corrected chi connectivity index (χ3v) is 4.38. The molecule has 1 saturated heterocycles. The summed E-state index contributed by atoms with van der Waals surface area (Å²) in [6.07, 6.45) is 1.69. The number of hydrogen-bond donors (Lipinski definition) is 3. The standard InChI is InChI=1S/C17H26ClN5O2.HI/c1-3-20-17(22-14-6-8-23(9-7-14)16(19)24)21-11-12-4-5-13(18)10-15(12)25-2;/h4-5,10,14H,3,6-9,11H2,1-2H3,(H2,19,24)(H2,20,21,22);1H. The van der Waals surface area contributed by atoms with E-state index in [9.17, 15) is 4.79 Å². The van der Waals surface area contributed by atoms with Crippen LogP contribution in [0.5, 0.6) is 5.75 Å². The van der Waals surface area contributed by atoms with Gasteiger partial charge in [-0.25, -0.2) is 9.79 Å². The van der Waals surface area contributed by atoms with Crippen molar-refractivity contribution in [1.82, 2.24) is 15.5 Å². The molecule has 0 aromatic heterocycles. The zero-order valence-electron chi connectivity index (χ0n) is 15.1. The van der Waals surface area contributed by atoms with Crippen LogP contribution in [-0.4, -0.2) is 49.7 Å². The van der Waals surface area contributed by atoms with Crippen molar-refractivity contribution < 1.29 is 9.53 Å². The number of carbonyl (C=O) groups excluding carboxylic acids is 1. The minimum absolute atomic E-state index is 0. The summed E-state index contributed by atoms with van der Waals surface area (Å²) in [4.78, 5) is 17.5. The lowest BCUT2D eigenvalue weighted by molar-refractivity contribution is 0.188. The van der Waals surface area contributed by atoms with Crippen LogP contribution in [-0.2, 0) is 6.54 Å². The van der Waals surface area contributed by atoms with Gasteiger partial charge in [-0.1, -0.05) is 17.7 Å². The number of aliphatic imine (C=N–C) groups is 1. The number of nitrogens with two attached hydrogens (primary N) is 1. The Bertz CT molecular complexity index is 621. The van der Waals surface area contributed by atoms with Crippen molar-refractivity contribution in [2.24, 2.45) is 10.7 Å². The van der Waals surface area contributed by atoms with E-state index in [1.165, 1.54) is 0 Å². The molecule has 0 bridgehead atoms. The maximum Gasteiger partial charge on any atom is 0.314 e. The second-order valence-corrected chi connectivity index (χ2v) is 6.33. The normalized spacial score (nSPS) is 15.2. The highest BCUT2D eigenvalue weighted by Gasteiger charge is 2.21. The summed E-state index contributed by atoms with van der Waals surface area (Å²) in [6, 6.07) is 5.44. The fourth-order valence-corrected chi connectivity index (χ4v) is 2.93. The van der Waals surface area contributed by atoms with Crippen LogP contribution in [0.15, 0.2) is 23.2 Å². The predicted molar refractivity (Wildman–Crippen MR) is 116 cm³/mol. The molecule has 146 valence electrons. The van der Waals surface area contributed by atoms with E-state index in [-0.39, 0.29) is 36.0 Å². The summed E-state index contributed by atoms with van der Waals surface area (Å²) in [5, 5.41) is 7.31. The summed E-state index contributed by atoms with van der Waals surface area (Å²) in [7, 11) is 1.62. The molecule has 1 aromatic carbocycles. The molecule has 0 radical (unpaired) electrons. The summed E-state index contributed by atoms with van der Waals surface area (Å²) in [5.41, 5.74) is 6.29. The van der Waals surface area contributed by atoms with Crippen molar-refractivity contribution in [3.63, 3.8) is 0 Å². The summed E-state index contributed by atoms with van der Waals surface area (Å²) < 4.78 is 5.36. The van der Waals surface area contributed by atoms with E-state index in [2.05, 4.69) is 15.6 Å². The highest BCUT2D eigenvalue weighted by Crippen LogP contribution is 2.23. The van der Waals surface area contributed by atoms with E-state index >= 15 is 0 Å². The zero-order valence-corrected chi connectivity index (χ0v) is 18.2. The maximum atomic E-state index is 11.2. The molecule has 1 aliphatic heterocycles. The van der Waals surface area contributed by atoms with E-state index in [1.807, 2.05) is 19.1 Å². The first-order valence-electron chi connectivity index (χ1n) is 8.45. The van der Waals surface area contributed by atoms with Crippen molar-refractivity contribution >= 4 is 47.6 Å². The number of nitrogens with zero attached hydrogens (tertiary/aromatic N) is 2. The number of urea groups is 1. The number of nitrogens with one attached hydrogen (secondary N) is 2. The van der Waals surface area contributed by atoms with E-state index < -0.39 is 0 Å². The number of piperidine rings is 1. The summed E-state index contributed by atoms with van der Waals surface area (Å²) in [5.74, 6) is 1.47. The first-order chi connectivity index (χ1) is 12.0. The number of benzene rings is 1. The lowest BCUT2D eigenvalue weighted by Gasteiger charge is -2.32. The molecule has 4 N–H and O–H groups in total. The first kappa shape index (κ1) is 22.6. The molecule has 2 amide bonds. The molecule has 0 unspecified atom stereocenters. The van der Waals surface area contributed by atoms with Crippen LogP contribution in [0.25, 0.3) is 0 Å². The van der Waals surface area contributed by atoms with Gasteiger partial charge in [0.1, 0.15) is 5.75 Å². The monoisotopic (exact) mass is 495 g/mol. The van der Waals surface area contributed by atoms with Crippen LogP contribution in [0.3, 0.4) is 0 Å². The van der Waals surface area contributed by atoms with Crippen LogP contribution in [0, 0.1) is 0 Å². The van der Waals surface area contributed by atoms with E-state index in [0.29, 0.717) is 24.7 Å². The molecule has 1 aliphatic rings. The number of hydrogen-bond acceptors (Lipinski definition) is 3. The Morgan fingerprint density at radius 3 is 2.69 bits per heavy atom. The van der Waals surface area contributed by atoms with Gasteiger partial charge in [-0.2, -0.15) is 0 Å². The third kappa shape index (κ3) is 6.71. The average molecular weight is 496 g/mol. The van der Waals surface area contributed by atoms with E-state index in [1.54, 1.807) is 18.1 Å². The van der Waals surface area contributed by atoms with Crippen LogP contribution < -0.4 is 21.1 Å². The maximum absolute atomic E-state index is 11.2. The van der Waals surface area contributed by atoms with Gasteiger partial charge < -0.3 is 26.0 Å². The van der Waals surface area contributed by atoms with Crippen molar-refractivity contribution in [2.45, 2.75) is 32.4 Å². The first-order valence-corrected chi connectivity index (χ1v) is 8.83. The number of guanidine groups is 1. The Morgan fingerprint density at radius 1 is 1.42 bits per heavy atom. The quantitative estimate of drug-likeness (QED) is 0.333. The molecule has 1 aromatic rings.